The average molecular weight is 198 g/mol. The Kier molecular flexibility index (Phi) is 2.82. The predicted molar refractivity (Wildman–Crippen MR) is 62.8 cm³/mol. The molecule has 1 nitrogen and oxygen atoms in total. The number of benzene rings is 1. The fourth-order valence-corrected chi connectivity index (χ4v) is 1.72. The van der Waals surface area contributed by atoms with Crippen molar-refractivity contribution in [3.63, 3.8) is 0 Å². The highest BCUT2D eigenvalue weighted by Crippen LogP contribution is 2.21. The molecule has 15 heavy (non-hydrogen) atoms. The van der Waals surface area contributed by atoms with Crippen molar-refractivity contribution in [3.8, 4) is 0 Å². The highest BCUT2D eigenvalue weighted by atomic mass is 16.1. The zero-order valence-corrected chi connectivity index (χ0v) is 8.86. The van der Waals surface area contributed by atoms with Crippen LogP contribution in [-0.2, 0) is 0 Å². The Labute approximate surface area is 90.1 Å². The van der Waals surface area contributed by atoms with E-state index in [0.29, 0.717) is 0 Å². The molecule has 1 aromatic carbocycles. The molecule has 1 aliphatic rings. The monoisotopic (exact) mass is 198 g/mol. The largest absolute Gasteiger partial charge is 0.295 e. The molecule has 2 rings (SSSR count). The summed E-state index contributed by atoms with van der Waals surface area (Å²) in [6.07, 6.45) is 8.82. The quantitative estimate of drug-likeness (QED) is 0.663. The van der Waals surface area contributed by atoms with E-state index in [2.05, 4.69) is 18.2 Å². The van der Waals surface area contributed by atoms with Crippen molar-refractivity contribution < 1.29 is 4.79 Å². The summed E-state index contributed by atoms with van der Waals surface area (Å²) < 4.78 is 0. The van der Waals surface area contributed by atoms with Crippen molar-refractivity contribution in [2.75, 3.05) is 0 Å². The van der Waals surface area contributed by atoms with Crippen LogP contribution in [0.25, 0.3) is 5.57 Å². The van der Waals surface area contributed by atoms with Crippen LogP contribution < -0.4 is 0 Å². The molecule has 0 atom stereocenters. The van der Waals surface area contributed by atoms with Crippen molar-refractivity contribution in [2.24, 2.45) is 0 Å². The molecule has 76 valence electrons. The van der Waals surface area contributed by atoms with Gasteiger partial charge in [0.1, 0.15) is 0 Å². The van der Waals surface area contributed by atoms with Crippen LogP contribution in [0.15, 0.2) is 42.5 Å². The molecule has 1 heteroatoms. The zero-order chi connectivity index (χ0) is 10.7. The van der Waals surface area contributed by atoms with E-state index in [-0.39, 0.29) is 5.78 Å². The minimum absolute atomic E-state index is 0.120. The second kappa shape index (κ2) is 4.26. The predicted octanol–water partition coefficient (Wildman–Crippen LogP) is 3.62. The van der Waals surface area contributed by atoms with E-state index in [1.165, 1.54) is 11.1 Å². The Hall–Kier alpha value is -1.63. The highest BCUT2D eigenvalue weighted by molar-refractivity contribution is 5.94. The summed E-state index contributed by atoms with van der Waals surface area (Å²) in [6, 6.07) is 7.80. The van der Waals surface area contributed by atoms with E-state index < -0.39 is 0 Å². The molecular weight excluding hydrogens is 184 g/mol. The molecule has 1 aliphatic carbocycles. The van der Waals surface area contributed by atoms with Gasteiger partial charge in [-0.3, -0.25) is 4.79 Å². The summed E-state index contributed by atoms with van der Waals surface area (Å²) in [6.45, 7) is 1.59. The second-order valence-corrected chi connectivity index (χ2v) is 3.77. The first-order chi connectivity index (χ1) is 7.27. The van der Waals surface area contributed by atoms with Gasteiger partial charge < -0.3 is 0 Å². The molecule has 0 heterocycles. The first-order valence-corrected chi connectivity index (χ1v) is 5.25. The Morgan fingerprint density at radius 1 is 1.13 bits per heavy atom. The summed E-state index contributed by atoms with van der Waals surface area (Å²) in [7, 11) is 0. The van der Waals surface area contributed by atoms with Crippen LogP contribution in [0.5, 0.6) is 0 Å². The number of carbonyl (C=O) groups is 1. The molecule has 0 saturated carbocycles. The zero-order valence-electron chi connectivity index (χ0n) is 8.86. The molecule has 0 radical (unpaired) electrons. The standard InChI is InChI=1S/C14H14O/c1-11(15)12-7-9-14(10-8-12)13-5-3-2-4-6-13/h3,5-10H,2,4H2,1H3. The van der Waals surface area contributed by atoms with E-state index in [9.17, 15) is 4.79 Å². The van der Waals surface area contributed by atoms with Crippen LogP contribution in [0.3, 0.4) is 0 Å². The Bertz CT molecular complexity index is 421. The van der Waals surface area contributed by atoms with Gasteiger partial charge in [0.25, 0.3) is 0 Å². The van der Waals surface area contributed by atoms with Crippen LogP contribution in [0.1, 0.15) is 35.7 Å². The fraction of sp³-hybridized carbons (Fsp3) is 0.214. The molecule has 0 unspecified atom stereocenters. The molecular formula is C14H14O. The van der Waals surface area contributed by atoms with Gasteiger partial charge in [0, 0.05) is 5.56 Å². The van der Waals surface area contributed by atoms with Gasteiger partial charge in [0.2, 0.25) is 0 Å². The molecule has 1 aromatic rings. The molecule has 0 fully saturated rings. The van der Waals surface area contributed by atoms with Gasteiger partial charge in [-0.1, -0.05) is 42.5 Å². The average Bonchev–Trinajstić information content (AvgIpc) is 2.30. The van der Waals surface area contributed by atoms with E-state index in [0.717, 1.165) is 18.4 Å². The lowest BCUT2D eigenvalue weighted by Crippen LogP contribution is -1.92. The highest BCUT2D eigenvalue weighted by Gasteiger charge is 2.02. The third-order valence-corrected chi connectivity index (χ3v) is 2.62. The molecule has 0 saturated heterocycles. The van der Waals surface area contributed by atoms with Crippen molar-refractivity contribution in [1.29, 1.82) is 0 Å². The Balaban J connectivity index is 2.27. The molecule has 0 bridgehead atoms. The Morgan fingerprint density at radius 3 is 2.40 bits per heavy atom. The van der Waals surface area contributed by atoms with Crippen LogP contribution in [0.4, 0.5) is 0 Å². The minimum Gasteiger partial charge on any atom is -0.295 e. The van der Waals surface area contributed by atoms with Gasteiger partial charge in [-0.15, -0.1) is 0 Å². The maximum Gasteiger partial charge on any atom is 0.159 e. The number of carbonyl (C=O) groups excluding carboxylic acids is 1. The number of hydrogen-bond acceptors (Lipinski definition) is 1. The maximum atomic E-state index is 11.1. The fourth-order valence-electron chi connectivity index (χ4n) is 1.72. The lowest BCUT2D eigenvalue weighted by atomic mass is 9.98. The van der Waals surface area contributed by atoms with Gasteiger partial charge >= 0.3 is 0 Å². The number of Topliss-reactive ketones (excluding diaryl/α,β-unsaturated/α-hetero) is 1. The third-order valence-electron chi connectivity index (χ3n) is 2.62. The smallest absolute Gasteiger partial charge is 0.159 e. The second-order valence-electron chi connectivity index (χ2n) is 3.77. The van der Waals surface area contributed by atoms with Crippen molar-refractivity contribution >= 4 is 11.4 Å². The number of hydrogen-bond donors (Lipinski definition) is 0. The molecule has 0 aromatic heterocycles. The van der Waals surface area contributed by atoms with Crippen molar-refractivity contribution in [3.05, 3.63) is 53.6 Å². The van der Waals surface area contributed by atoms with Gasteiger partial charge in [0.05, 0.1) is 0 Å². The number of allylic oxidation sites excluding steroid dienone is 4. The van der Waals surface area contributed by atoms with Crippen LogP contribution in [0, 0.1) is 0 Å². The van der Waals surface area contributed by atoms with E-state index in [1.807, 2.05) is 24.3 Å². The molecule has 0 spiro atoms. The van der Waals surface area contributed by atoms with Gasteiger partial charge in [-0.2, -0.15) is 0 Å². The molecule has 0 aliphatic heterocycles. The van der Waals surface area contributed by atoms with Crippen molar-refractivity contribution in [2.45, 2.75) is 19.8 Å². The molecule has 0 amide bonds. The van der Waals surface area contributed by atoms with Gasteiger partial charge in [0.15, 0.2) is 5.78 Å². The summed E-state index contributed by atoms with van der Waals surface area (Å²) in [5, 5.41) is 0. The first kappa shape index (κ1) is 9.91. The lowest BCUT2D eigenvalue weighted by molar-refractivity contribution is 0.101. The summed E-state index contributed by atoms with van der Waals surface area (Å²) >= 11 is 0. The summed E-state index contributed by atoms with van der Waals surface area (Å²) in [5.41, 5.74) is 3.23. The van der Waals surface area contributed by atoms with Gasteiger partial charge in [-0.05, 0) is 30.9 Å². The van der Waals surface area contributed by atoms with E-state index >= 15 is 0 Å². The first-order valence-electron chi connectivity index (χ1n) is 5.25. The minimum atomic E-state index is 0.120. The number of rotatable bonds is 2. The van der Waals surface area contributed by atoms with Gasteiger partial charge in [-0.25, -0.2) is 0 Å². The van der Waals surface area contributed by atoms with Crippen LogP contribution in [0.2, 0.25) is 0 Å². The van der Waals surface area contributed by atoms with Crippen molar-refractivity contribution in [1.82, 2.24) is 0 Å². The van der Waals surface area contributed by atoms with E-state index in [4.69, 9.17) is 0 Å². The summed E-state index contributed by atoms with van der Waals surface area (Å²) in [4.78, 5) is 11.1. The van der Waals surface area contributed by atoms with Crippen LogP contribution >= 0.6 is 0 Å². The maximum absolute atomic E-state index is 11.1. The normalized spacial score (nSPS) is 14.9. The Morgan fingerprint density at radius 2 is 1.87 bits per heavy atom. The SMILES string of the molecule is CC(=O)c1ccc(C2=CCCC=C2)cc1. The third kappa shape index (κ3) is 2.24. The lowest BCUT2D eigenvalue weighted by Gasteiger charge is -2.07. The summed E-state index contributed by atoms with van der Waals surface area (Å²) in [5.74, 6) is 0.120. The number of ketones is 1. The topological polar surface area (TPSA) is 17.1 Å². The van der Waals surface area contributed by atoms with E-state index in [1.54, 1.807) is 6.92 Å². The van der Waals surface area contributed by atoms with Crippen LogP contribution in [-0.4, -0.2) is 5.78 Å². The molecule has 0 N–H and O–H groups in total.